The van der Waals surface area contributed by atoms with Gasteiger partial charge in [0.2, 0.25) is 5.91 Å². The average molecular weight is 482 g/mol. The number of nitrogens with zero attached hydrogens (tertiary/aromatic N) is 2. The van der Waals surface area contributed by atoms with Crippen LogP contribution in [0, 0.1) is 6.92 Å². The summed E-state index contributed by atoms with van der Waals surface area (Å²) >= 11 is 7.22. The number of benzene rings is 2. The van der Waals surface area contributed by atoms with Crippen molar-refractivity contribution in [2.45, 2.75) is 33.1 Å². The van der Waals surface area contributed by atoms with Crippen LogP contribution in [-0.4, -0.2) is 16.0 Å². The molecule has 3 rings (SSSR count). The Bertz CT molecular complexity index is 1130. The summed E-state index contributed by atoms with van der Waals surface area (Å²) in [6.45, 7) is 3.54. The van der Waals surface area contributed by atoms with Gasteiger partial charge in [0.1, 0.15) is 11.6 Å². The number of aryl methyl sites for hydroxylation is 1. The van der Waals surface area contributed by atoms with E-state index in [0.717, 1.165) is 34.8 Å². The summed E-state index contributed by atoms with van der Waals surface area (Å²) in [4.78, 5) is 17.6. The first-order chi connectivity index (χ1) is 15.1. The van der Waals surface area contributed by atoms with Crippen LogP contribution in [0.3, 0.4) is 0 Å². The van der Waals surface area contributed by atoms with Gasteiger partial charge in [-0.15, -0.1) is 0 Å². The number of alkyl halides is 3. The monoisotopic (exact) mass is 481 g/mol. The summed E-state index contributed by atoms with van der Waals surface area (Å²) in [5.41, 5.74) is 2.62. The van der Waals surface area contributed by atoms with E-state index < -0.39 is 11.7 Å². The van der Waals surface area contributed by atoms with Gasteiger partial charge in [-0.1, -0.05) is 47.1 Å². The largest absolute Gasteiger partial charge is 0.416 e. The number of carbonyl (C=O) groups excluding carboxylic acids is 1. The number of carbonyl (C=O) groups is 1. The van der Waals surface area contributed by atoms with Crippen LogP contribution in [0.2, 0.25) is 5.02 Å². The number of nitrogens with one attached hydrogen (secondary N) is 1. The van der Waals surface area contributed by atoms with E-state index in [-0.39, 0.29) is 18.9 Å². The Morgan fingerprint density at radius 1 is 1.19 bits per heavy atom. The van der Waals surface area contributed by atoms with Gasteiger partial charge < -0.3 is 10.2 Å². The Labute approximate surface area is 192 Å². The molecule has 0 aliphatic heterocycles. The smallest absolute Gasteiger partial charge is 0.391 e. The van der Waals surface area contributed by atoms with Gasteiger partial charge >= 0.3 is 6.18 Å². The summed E-state index contributed by atoms with van der Waals surface area (Å²) in [5.74, 6) is -0.221. The fourth-order valence-electron chi connectivity index (χ4n) is 2.75. The third-order valence-corrected chi connectivity index (χ3v) is 5.90. The molecule has 1 heterocycles. The highest BCUT2D eigenvalue weighted by Crippen LogP contribution is 2.30. The molecular weight excluding hydrogens is 463 g/mol. The molecule has 0 atom stereocenters. The zero-order chi connectivity index (χ0) is 23.3. The molecule has 1 aromatic heterocycles. The Kier molecular flexibility index (Phi) is 7.52. The van der Waals surface area contributed by atoms with E-state index in [0.29, 0.717) is 27.0 Å². The lowest BCUT2D eigenvalue weighted by molar-refractivity contribution is -0.137. The number of aromatic nitrogens is 1. The van der Waals surface area contributed by atoms with E-state index >= 15 is 0 Å². The van der Waals surface area contributed by atoms with Crippen LogP contribution >= 0.6 is 23.1 Å². The lowest BCUT2D eigenvalue weighted by atomic mass is 10.1. The molecule has 3 aromatic rings. The number of rotatable bonds is 7. The molecule has 0 aliphatic rings. The Morgan fingerprint density at radius 3 is 2.53 bits per heavy atom. The molecule has 0 saturated carbocycles. The number of hydrogen-bond acceptors (Lipinski definition) is 5. The van der Waals surface area contributed by atoms with Crippen molar-refractivity contribution in [2.75, 3.05) is 5.32 Å². The molecule has 0 bridgehead atoms. The highest BCUT2D eigenvalue weighted by molar-refractivity contribution is 7.11. The van der Waals surface area contributed by atoms with Gasteiger partial charge in [0, 0.05) is 0 Å². The van der Waals surface area contributed by atoms with Crippen molar-refractivity contribution >= 4 is 39.8 Å². The fraction of sp³-hybridized carbons (Fsp3) is 0.227. The minimum atomic E-state index is -4.37. The maximum atomic E-state index is 12.6. The normalized spacial score (nSPS) is 12.0. The molecule has 1 N–H and O–H groups in total. The number of halogens is 4. The predicted molar refractivity (Wildman–Crippen MR) is 119 cm³/mol. The van der Waals surface area contributed by atoms with Crippen LogP contribution in [0.1, 0.15) is 34.9 Å². The standard InChI is InChI=1S/C22H19ClF3N3O2S/c1-13(28-31-12-15-6-8-18(9-7-15)22(24,25)26)17-5-3-4-16(10-17)11-19(30)27-21-20(23)14(2)29-32-21/h3-10H,11-12H2,1-2H3,(H,27,30)/b28-13+. The minimum absolute atomic E-state index is 0.0343. The summed E-state index contributed by atoms with van der Waals surface area (Å²) in [6, 6.07) is 12.0. The van der Waals surface area contributed by atoms with E-state index in [1.165, 1.54) is 12.1 Å². The topological polar surface area (TPSA) is 63.6 Å². The average Bonchev–Trinajstić information content (AvgIpc) is 3.05. The molecule has 0 fully saturated rings. The van der Waals surface area contributed by atoms with Crippen LogP contribution in [0.5, 0.6) is 0 Å². The summed E-state index contributed by atoms with van der Waals surface area (Å²) < 4.78 is 41.9. The molecular formula is C22H19ClF3N3O2S. The molecule has 32 heavy (non-hydrogen) atoms. The molecule has 0 radical (unpaired) electrons. The molecule has 0 spiro atoms. The highest BCUT2D eigenvalue weighted by atomic mass is 35.5. The first kappa shape index (κ1) is 23.7. The lowest BCUT2D eigenvalue weighted by Gasteiger charge is -2.08. The number of amides is 1. The second kappa shape index (κ2) is 10.1. The maximum Gasteiger partial charge on any atom is 0.416 e. The first-order valence-electron chi connectivity index (χ1n) is 9.47. The molecule has 168 valence electrons. The van der Waals surface area contributed by atoms with E-state index in [1.807, 2.05) is 18.2 Å². The SMILES string of the molecule is C/C(=N\OCc1ccc(C(F)(F)F)cc1)c1cccc(CC(=O)Nc2snc(C)c2Cl)c1. The van der Waals surface area contributed by atoms with Crippen LogP contribution in [0.4, 0.5) is 18.2 Å². The fourth-order valence-corrected chi connectivity index (χ4v) is 3.70. The predicted octanol–water partition coefficient (Wildman–Crippen LogP) is 6.25. The Balaban J connectivity index is 1.58. The maximum absolute atomic E-state index is 12.6. The third kappa shape index (κ3) is 6.30. The van der Waals surface area contributed by atoms with Crippen LogP contribution in [-0.2, 0) is 28.8 Å². The third-order valence-electron chi connectivity index (χ3n) is 4.47. The molecule has 0 unspecified atom stereocenters. The van der Waals surface area contributed by atoms with Gasteiger partial charge in [-0.25, -0.2) is 0 Å². The second-order valence-electron chi connectivity index (χ2n) is 6.98. The number of hydrogen-bond donors (Lipinski definition) is 1. The van der Waals surface area contributed by atoms with E-state index in [2.05, 4.69) is 14.8 Å². The van der Waals surface area contributed by atoms with Crippen molar-refractivity contribution in [1.29, 1.82) is 0 Å². The van der Waals surface area contributed by atoms with Crippen molar-refractivity contribution in [3.8, 4) is 0 Å². The highest BCUT2D eigenvalue weighted by Gasteiger charge is 2.29. The quantitative estimate of drug-likeness (QED) is 0.320. The molecule has 5 nitrogen and oxygen atoms in total. The zero-order valence-electron chi connectivity index (χ0n) is 17.2. The molecule has 10 heteroatoms. The van der Waals surface area contributed by atoms with Crippen molar-refractivity contribution in [1.82, 2.24) is 4.37 Å². The van der Waals surface area contributed by atoms with Gasteiger partial charge in [0.05, 0.1) is 28.4 Å². The van der Waals surface area contributed by atoms with Gasteiger partial charge in [-0.05, 0) is 60.3 Å². The Morgan fingerprint density at radius 2 is 1.91 bits per heavy atom. The van der Waals surface area contributed by atoms with Gasteiger partial charge in [0.15, 0.2) is 0 Å². The zero-order valence-corrected chi connectivity index (χ0v) is 18.7. The number of oxime groups is 1. The minimum Gasteiger partial charge on any atom is -0.391 e. The molecule has 1 amide bonds. The van der Waals surface area contributed by atoms with Crippen LogP contribution in [0.15, 0.2) is 53.7 Å². The van der Waals surface area contributed by atoms with Crippen LogP contribution in [0.25, 0.3) is 0 Å². The summed E-state index contributed by atoms with van der Waals surface area (Å²) in [6.07, 6.45) is -4.23. The van der Waals surface area contributed by atoms with Gasteiger partial charge in [0.25, 0.3) is 0 Å². The van der Waals surface area contributed by atoms with Gasteiger partial charge in [-0.2, -0.15) is 17.5 Å². The first-order valence-corrected chi connectivity index (χ1v) is 10.6. The lowest BCUT2D eigenvalue weighted by Crippen LogP contribution is -2.14. The van der Waals surface area contributed by atoms with E-state index in [4.69, 9.17) is 16.4 Å². The van der Waals surface area contributed by atoms with Crippen molar-refractivity contribution in [3.05, 3.63) is 81.5 Å². The van der Waals surface area contributed by atoms with Gasteiger partial charge in [-0.3, -0.25) is 4.79 Å². The van der Waals surface area contributed by atoms with Crippen molar-refractivity contribution in [2.24, 2.45) is 5.16 Å². The molecule has 2 aromatic carbocycles. The summed E-state index contributed by atoms with van der Waals surface area (Å²) in [5, 5.41) is 7.74. The molecule has 0 aliphatic carbocycles. The van der Waals surface area contributed by atoms with Crippen LogP contribution < -0.4 is 5.32 Å². The second-order valence-corrected chi connectivity index (χ2v) is 8.13. The van der Waals surface area contributed by atoms with Crippen molar-refractivity contribution in [3.63, 3.8) is 0 Å². The summed E-state index contributed by atoms with van der Waals surface area (Å²) in [7, 11) is 0. The van der Waals surface area contributed by atoms with E-state index in [9.17, 15) is 18.0 Å². The Hall–Kier alpha value is -2.91. The number of anilines is 1. The molecule has 0 saturated heterocycles. The van der Waals surface area contributed by atoms with E-state index in [1.54, 1.807) is 19.9 Å². The van der Waals surface area contributed by atoms with Crippen molar-refractivity contribution < 1.29 is 22.8 Å².